The summed E-state index contributed by atoms with van der Waals surface area (Å²) >= 11 is 0. The van der Waals surface area contributed by atoms with E-state index in [-0.39, 0.29) is 28.6 Å². The highest BCUT2D eigenvalue weighted by molar-refractivity contribution is 5.71. The van der Waals surface area contributed by atoms with Crippen LogP contribution >= 0.6 is 0 Å². The number of aliphatic carboxylic acids is 1. The first-order valence-electron chi connectivity index (χ1n) is 11.5. The molecule has 0 aromatic heterocycles. The first-order chi connectivity index (χ1) is 13.2. The van der Waals surface area contributed by atoms with Gasteiger partial charge >= 0.3 is 5.97 Å². The lowest BCUT2D eigenvalue weighted by atomic mass is 9.41. The molecule has 4 fully saturated rings. The number of carboxylic acids is 1. The van der Waals surface area contributed by atoms with Crippen LogP contribution in [0.25, 0.3) is 0 Å². The number of rotatable bonds is 3. The Kier molecular flexibility index (Phi) is 4.98. The van der Waals surface area contributed by atoms with Crippen LogP contribution < -0.4 is 0 Å². The van der Waals surface area contributed by atoms with Crippen LogP contribution in [0.2, 0.25) is 0 Å². The highest BCUT2D eigenvalue weighted by Gasteiger charge is 2.68. The van der Waals surface area contributed by atoms with Gasteiger partial charge in [0, 0.05) is 5.41 Å². The summed E-state index contributed by atoms with van der Waals surface area (Å²) in [6, 6.07) is 0. The van der Waals surface area contributed by atoms with E-state index in [0.717, 1.165) is 51.4 Å². The molecule has 3 unspecified atom stereocenters. The van der Waals surface area contributed by atoms with Crippen molar-refractivity contribution in [2.75, 3.05) is 0 Å². The molecule has 0 spiro atoms. The third kappa shape index (κ3) is 2.59. The number of hydrogen-bond donors (Lipinski definition) is 3. The van der Waals surface area contributed by atoms with Gasteiger partial charge in [-0.05, 0) is 86.9 Å². The van der Waals surface area contributed by atoms with Crippen molar-refractivity contribution >= 4 is 5.97 Å². The second kappa shape index (κ2) is 6.84. The van der Waals surface area contributed by atoms with Crippen LogP contribution in [0.15, 0.2) is 12.2 Å². The van der Waals surface area contributed by atoms with Crippen molar-refractivity contribution in [3.05, 3.63) is 12.2 Å². The highest BCUT2D eigenvalue weighted by atomic mass is 16.4. The fraction of sp³-hybridized carbons (Fsp3) is 0.875. The molecular weight excluding hydrogens is 352 g/mol. The Balaban J connectivity index is 1.70. The first kappa shape index (κ1) is 20.4. The van der Waals surface area contributed by atoms with Gasteiger partial charge in [-0.2, -0.15) is 0 Å². The lowest BCUT2D eigenvalue weighted by molar-refractivity contribution is -0.223. The number of carboxylic acid groups (broad SMARTS) is 1. The average molecular weight is 391 g/mol. The fourth-order valence-electron chi connectivity index (χ4n) is 8.32. The Morgan fingerprint density at radius 2 is 1.82 bits per heavy atom. The van der Waals surface area contributed by atoms with Crippen molar-refractivity contribution < 1.29 is 20.1 Å². The molecule has 0 amide bonds. The molecule has 4 aliphatic rings. The average Bonchev–Trinajstić information content (AvgIpc) is 2.91. The van der Waals surface area contributed by atoms with Gasteiger partial charge in [0.05, 0.1) is 17.6 Å². The van der Waals surface area contributed by atoms with Crippen molar-refractivity contribution in [3.8, 4) is 0 Å². The maximum Gasteiger partial charge on any atom is 0.307 e. The van der Waals surface area contributed by atoms with E-state index in [2.05, 4.69) is 32.9 Å². The zero-order chi connectivity index (χ0) is 20.3. The summed E-state index contributed by atoms with van der Waals surface area (Å²) in [4.78, 5) is 12.2. The molecule has 0 aromatic rings. The van der Waals surface area contributed by atoms with Crippen LogP contribution in [-0.4, -0.2) is 33.0 Å². The molecular formula is C24H38O4. The summed E-state index contributed by atoms with van der Waals surface area (Å²) in [7, 11) is 0. The minimum atomic E-state index is -0.762. The Morgan fingerprint density at radius 3 is 2.50 bits per heavy atom. The van der Waals surface area contributed by atoms with Crippen LogP contribution in [0, 0.1) is 40.4 Å². The maximum atomic E-state index is 12.2. The van der Waals surface area contributed by atoms with Gasteiger partial charge in [0.15, 0.2) is 0 Å². The lowest BCUT2D eigenvalue weighted by Gasteiger charge is -2.64. The predicted octanol–water partition coefficient (Wildman–Crippen LogP) is 4.40. The number of aliphatic hydroxyl groups excluding tert-OH is 1. The minimum Gasteiger partial charge on any atom is -0.481 e. The molecule has 28 heavy (non-hydrogen) atoms. The van der Waals surface area contributed by atoms with Gasteiger partial charge < -0.3 is 15.3 Å². The van der Waals surface area contributed by atoms with Crippen molar-refractivity contribution in [2.45, 2.75) is 90.3 Å². The molecule has 158 valence electrons. The van der Waals surface area contributed by atoms with Crippen LogP contribution in [-0.2, 0) is 4.79 Å². The summed E-state index contributed by atoms with van der Waals surface area (Å²) in [6.45, 7) is 6.62. The van der Waals surface area contributed by atoms with Crippen molar-refractivity contribution in [1.82, 2.24) is 0 Å². The van der Waals surface area contributed by atoms with E-state index in [1.54, 1.807) is 0 Å². The van der Waals surface area contributed by atoms with Gasteiger partial charge in [-0.1, -0.05) is 32.9 Å². The molecule has 4 saturated carbocycles. The molecule has 0 aromatic carbocycles. The zero-order valence-corrected chi connectivity index (χ0v) is 17.7. The number of hydrogen-bond acceptors (Lipinski definition) is 3. The molecule has 3 N–H and O–H groups in total. The summed E-state index contributed by atoms with van der Waals surface area (Å²) < 4.78 is 0. The molecule has 0 heterocycles. The van der Waals surface area contributed by atoms with Gasteiger partial charge in [0.2, 0.25) is 0 Å². The van der Waals surface area contributed by atoms with Gasteiger partial charge in [0.1, 0.15) is 0 Å². The highest BCUT2D eigenvalue weighted by Crippen LogP contribution is 2.70. The Morgan fingerprint density at radius 1 is 1.07 bits per heavy atom. The smallest absolute Gasteiger partial charge is 0.307 e. The third-order valence-corrected chi connectivity index (χ3v) is 9.94. The van der Waals surface area contributed by atoms with E-state index < -0.39 is 23.6 Å². The first-order valence-corrected chi connectivity index (χ1v) is 11.5. The second-order valence-corrected chi connectivity index (χ2v) is 10.7. The molecule has 4 heteroatoms. The standard InChI is InChI=1S/C24H38O4/c1-4-5-6-15-9-12-24(28)19-8-7-16-13-17(25)14-20(21(26)27)23(16,3)18(19)10-11-22(15,24)2/h5-6,15-20,25,28H,4,7-14H2,1-3H3,(H,26,27)/b6-5+/t15-,16?,17?,18-,19+,20?,22+,23-,24+/m0/s1. The van der Waals surface area contributed by atoms with Crippen LogP contribution in [0.3, 0.4) is 0 Å². The Labute approximate surface area is 169 Å². The Bertz CT molecular complexity index is 659. The number of aliphatic hydroxyl groups is 2. The van der Waals surface area contributed by atoms with Gasteiger partial charge in [-0.3, -0.25) is 4.79 Å². The lowest BCUT2D eigenvalue weighted by Crippen LogP contribution is -2.64. The van der Waals surface area contributed by atoms with Crippen LogP contribution in [0.4, 0.5) is 0 Å². The van der Waals surface area contributed by atoms with E-state index >= 15 is 0 Å². The third-order valence-electron chi connectivity index (χ3n) is 9.94. The van der Waals surface area contributed by atoms with Crippen LogP contribution in [0.1, 0.15) is 78.6 Å². The second-order valence-electron chi connectivity index (χ2n) is 10.7. The molecule has 0 aliphatic heterocycles. The van der Waals surface area contributed by atoms with E-state index in [0.29, 0.717) is 12.3 Å². The van der Waals surface area contributed by atoms with Crippen LogP contribution in [0.5, 0.6) is 0 Å². The van der Waals surface area contributed by atoms with E-state index in [9.17, 15) is 20.1 Å². The minimum absolute atomic E-state index is 0.101. The zero-order valence-electron chi connectivity index (χ0n) is 17.7. The number of allylic oxidation sites excluding steroid dienone is 2. The van der Waals surface area contributed by atoms with Gasteiger partial charge in [-0.25, -0.2) is 0 Å². The fourth-order valence-corrected chi connectivity index (χ4v) is 8.32. The van der Waals surface area contributed by atoms with E-state index in [4.69, 9.17) is 0 Å². The largest absolute Gasteiger partial charge is 0.481 e. The van der Waals surface area contributed by atoms with E-state index in [1.165, 1.54) is 0 Å². The van der Waals surface area contributed by atoms with Crippen molar-refractivity contribution in [2.24, 2.45) is 40.4 Å². The molecule has 4 nitrogen and oxygen atoms in total. The maximum absolute atomic E-state index is 12.2. The molecule has 9 atom stereocenters. The summed E-state index contributed by atoms with van der Waals surface area (Å²) in [5.74, 6) is -0.158. The molecule has 0 radical (unpaired) electrons. The topological polar surface area (TPSA) is 77.8 Å². The molecule has 0 saturated heterocycles. The van der Waals surface area contributed by atoms with E-state index in [1.807, 2.05) is 0 Å². The summed E-state index contributed by atoms with van der Waals surface area (Å²) in [5, 5.41) is 32.4. The van der Waals surface area contributed by atoms with Crippen molar-refractivity contribution in [3.63, 3.8) is 0 Å². The number of fused-ring (bicyclic) bond motifs is 5. The Hall–Kier alpha value is -0.870. The quantitative estimate of drug-likeness (QED) is 0.624. The summed E-state index contributed by atoms with van der Waals surface area (Å²) in [5.41, 5.74) is -1.11. The predicted molar refractivity (Wildman–Crippen MR) is 109 cm³/mol. The monoisotopic (exact) mass is 390 g/mol. The number of carbonyl (C=O) groups is 1. The SMILES string of the molecule is CC/C=C/[C@H]1CC[C@@]2(O)[C@@H]3CCC4CC(O)CC(C(=O)O)[C@]4(C)[C@H]3CC[C@]12C. The molecule has 4 aliphatic carbocycles. The van der Waals surface area contributed by atoms with Crippen molar-refractivity contribution in [1.29, 1.82) is 0 Å². The molecule has 0 bridgehead atoms. The summed E-state index contributed by atoms with van der Waals surface area (Å²) in [6.07, 6.45) is 12.0. The molecule has 4 rings (SSSR count). The van der Waals surface area contributed by atoms with Gasteiger partial charge in [0.25, 0.3) is 0 Å². The normalized spacial score (nSPS) is 53.5. The van der Waals surface area contributed by atoms with Gasteiger partial charge in [-0.15, -0.1) is 0 Å².